The molecule has 2 aromatic carbocycles. The Morgan fingerprint density at radius 1 is 0.962 bits per heavy atom. The average Bonchev–Trinajstić information content (AvgIpc) is 2.66. The van der Waals surface area contributed by atoms with Gasteiger partial charge in [-0.1, -0.05) is 57.2 Å². The lowest BCUT2D eigenvalue weighted by Gasteiger charge is -2.16. The SMILES string of the molecule is COc1ccc(C(C)CC(=O)NCC(N)c2ccc(C(C)C)cc2)cc1. The number of carbonyl (C=O) groups excluding carboxylic acids is 1. The molecule has 0 aromatic heterocycles. The van der Waals surface area contributed by atoms with E-state index in [9.17, 15) is 4.79 Å². The molecular formula is C22H30N2O2. The molecular weight excluding hydrogens is 324 g/mol. The van der Waals surface area contributed by atoms with Crippen LogP contribution in [0.5, 0.6) is 5.75 Å². The molecule has 2 unspecified atom stereocenters. The van der Waals surface area contributed by atoms with Crippen molar-refractivity contribution in [2.24, 2.45) is 5.73 Å². The first-order valence-corrected chi connectivity index (χ1v) is 9.16. The second kappa shape index (κ2) is 9.39. The van der Waals surface area contributed by atoms with Gasteiger partial charge < -0.3 is 15.8 Å². The van der Waals surface area contributed by atoms with Crippen LogP contribution >= 0.6 is 0 Å². The third-order valence-electron chi connectivity index (χ3n) is 4.73. The molecule has 0 aliphatic heterocycles. The molecule has 4 nitrogen and oxygen atoms in total. The molecule has 0 saturated carbocycles. The number of amides is 1. The van der Waals surface area contributed by atoms with E-state index < -0.39 is 0 Å². The number of benzene rings is 2. The number of carbonyl (C=O) groups is 1. The highest BCUT2D eigenvalue weighted by Crippen LogP contribution is 2.22. The second-order valence-electron chi connectivity index (χ2n) is 7.11. The largest absolute Gasteiger partial charge is 0.497 e. The Hall–Kier alpha value is -2.33. The van der Waals surface area contributed by atoms with Gasteiger partial charge in [-0.2, -0.15) is 0 Å². The van der Waals surface area contributed by atoms with Gasteiger partial charge in [-0.25, -0.2) is 0 Å². The van der Waals surface area contributed by atoms with Crippen molar-refractivity contribution in [3.63, 3.8) is 0 Å². The van der Waals surface area contributed by atoms with Crippen LogP contribution in [0.4, 0.5) is 0 Å². The fourth-order valence-corrected chi connectivity index (χ4v) is 2.87. The van der Waals surface area contributed by atoms with E-state index in [1.54, 1.807) is 7.11 Å². The standard InChI is InChI=1S/C22H30N2O2/c1-15(2)17-5-7-19(8-6-17)21(23)14-24-22(25)13-16(3)18-9-11-20(26-4)12-10-18/h5-12,15-16,21H,13-14,23H2,1-4H3,(H,24,25). The van der Waals surface area contributed by atoms with Crippen molar-refractivity contribution in [1.82, 2.24) is 5.32 Å². The van der Waals surface area contributed by atoms with Gasteiger partial charge in [0.1, 0.15) is 5.75 Å². The van der Waals surface area contributed by atoms with Crippen molar-refractivity contribution in [2.45, 2.75) is 45.1 Å². The highest BCUT2D eigenvalue weighted by Gasteiger charge is 2.13. The Kier molecular flexibility index (Phi) is 7.22. The number of rotatable bonds is 8. The van der Waals surface area contributed by atoms with E-state index in [1.807, 2.05) is 43.3 Å². The van der Waals surface area contributed by atoms with Crippen molar-refractivity contribution < 1.29 is 9.53 Å². The van der Waals surface area contributed by atoms with Crippen LogP contribution < -0.4 is 15.8 Å². The summed E-state index contributed by atoms with van der Waals surface area (Å²) < 4.78 is 5.16. The fourth-order valence-electron chi connectivity index (χ4n) is 2.87. The van der Waals surface area contributed by atoms with E-state index in [0.717, 1.165) is 16.9 Å². The number of hydrogen-bond acceptors (Lipinski definition) is 3. The summed E-state index contributed by atoms with van der Waals surface area (Å²) >= 11 is 0. The Bertz CT molecular complexity index is 693. The lowest BCUT2D eigenvalue weighted by Crippen LogP contribution is -2.32. The van der Waals surface area contributed by atoms with E-state index in [4.69, 9.17) is 10.5 Å². The number of nitrogens with one attached hydrogen (secondary N) is 1. The first kappa shape index (κ1) is 20.0. The van der Waals surface area contributed by atoms with Gasteiger partial charge in [-0.15, -0.1) is 0 Å². The molecule has 1 amide bonds. The van der Waals surface area contributed by atoms with Gasteiger partial charge in [-0.3, -0.25) is 4.79 Å². The third-order valence-corrected chi connectivity index (χ3v) is 4.73. The fraction of sp³-hybridized carbons (Fsp3) is 0.409. The van der Waals surface area contributed by atoms with Crippen molar-refractivity contribution in [2.75, 3.05) is 13.7 Å². The molecule has 0 aliphatic carbocycles. The Morgan fingerprint density at radius 2 is 1.50 bits per heavy atom. The summed E-state index contributed by atoms with van der Waals surface area (Å²) in [6, 6.07) is 15.9. The highest BCUT2D eigenvalue weighted by atomic mass is 16.5. The van der Waals surface area contributed by atoms with E-state index >= 15 is 0 Å². The molecule has 0 saturated heterocycles. The van der Waals surface area contributed by atoms with Crippen molar-refractivity contribution in [3.05, 3.63) is 65.2 Å². The zero-order valence-corrected chi connectivity index (χ0v) is 16.2. The molecule has 0 aliphatic rings. The Balaban J connectivity index is 1.83. The molecule has 0 fully saturated rings. The van der Waals surface area contributed by atoms with Crippen molar-refractivity contribution in [3.8, 4) is 5.75 Å². The summed E-state index contributed by atoms with van der Waals surface area (Å²) in [6.07, 6.45) is 0.436. The normalized spacial score (nSPS) is 13.3. The smallest absolute Gasteiger partial charge is 0.220 e. The maximum atomic E-state index is 12.2. The average molecular weight is 354 g/mol. The van der Waals surface area contributed by atoms with Crippen LogP contribution in [0.25, 0.3) is 0 Å². The quantitative estimate of drug-likeness (QED) is 0.749. The number of hydrogen-bond donors (Lipinski definition) is 2. The Labute approximate surface area is 156 Å². The molecule has 4 heteroatoms. The molecule has 2 aromatic rings. The maximum Gasteiger partial charge on any atom is 0.220 e. The number of methoxy groups -OCH3 is 1. The van der Waals surface area contributed by atoms with Gasteiger partial charge in [0.25, 0.3) is 0 Å². The first-order valence-electron chi connectivity index (χ1n) is 9.16. The van der Waals surface area contributed by atoms with Gasteiger partial charge in [0.15, 0.2) is 0 Å². The van der Waals surface area contributed by atoms with E-state index in [1.165, 1.54) is 5.56 Å². The molecule has 140 valence electrons. The summed E-state index contributed by atoms with van der Waals surface area (Å²) in [5.74, 6) is 1.48. The van der Waals surface area contributed by atoms with Gasteiger partial charge in [0, 0.05) is 19.0 Å². The van der Waals surface area contributed by atoms with E-state index in [2.05, 4.69) is 31.3 Å². The van der Waals surface area contributed by atoms with Crippen molar-refractivity contribution >= 4 is 5.91 Å². The molecule has 2 atom stereocenters. The minimum Gasteiger partial charge on any atom is -0.497 e. The number of nitrogens with two attached hydrogens (primary N) is 1. The van der Waals surface area contributed by atoms with Gasteiger partial charge in [0.2, 0.25) is 5.91 Å². The summed E-state index contributed by atoms with van der Waals surface area (Å²) in [6.45, 7) is 6.82. The monoisotopic (exact) mass is 354 g/mol. The number of ether oxygens (including phenoxy) is 1. The van der Waals surface area contributed by atoms with Gasteiger partial charge >= 0.3 is 0 Å². The second-order valence-corrected chi connectivity index (χ2v) is 7.11. The van der Waals surface area contributed by atoms with Crippen LogP contribution in [-0.2, 0) is 4.79 Å². The van der Waals surface area contributed by atoms with Crippen LogP contribution in [0, 0.1) is 0 Å². The van der Waals surface area contributed by atoms with Crippen LogP contribution in [0.1, 0.15) is 61.8 Å². The molecule has 26 heavy (non-hydrogen) atoms. The molecule has 0 spiro atoms. The molecule has 0 radical (unpaired) electrons. The molecule has 3 N–H and O–H groups in total. The zero-order valence-electron chi connectivity index (χ0n) is 16.2. The predicted molar refractivity (Wildman–Crippen MR) is 106 cm³/mol. The summed E-state index contributed by atoms with van der Waals surface area (Å²) in [7, 11) is 1.64. The van der Waals surface area contributed by atoms with Gasteiger partial charge in [-0.05, 0) is 40.7 Å². The molecule has 0 bridgehead atoms. The maximum absolute atomic E-state index is 12.2. The minimum atomic E-state index is -0.198. The highest BCUT2D eigenvalue weighted by molar-refractivity contribution is 5.76. The van der Waals surface area contributed by atoms with E-state index in [-0.39, 0.29) is 17.9 Å². The Morgan fingerprint density at radius 3 is 2.04 bits per heavy atom. The topological polar surface area (TPSA) is 64.3 Å². The van der Waals surface area contributed by atoms with Crippen LogP contribution in [0.15, 0.2) is 48.5 Å². The summed E-state index contributed by atoms with van der Waals surface area (Å²) in [5.41, 5.74) is 9.66. The lowest BCUT2D eigenvalue weighted by molar-refractivity contribution is -0.121. The van der Waals surface area contributed by atoms with Crippen LogP contribution in [0.3, 0.4) is 0 Å². The van der Waals surface area contributed by atoms with Crippen LogP contribution in [-0.4, -0.2) is 19.6 Å². The molecule has 0 heterocycles. The lowest BCUT2D eigenvalue weighted by atomic mass is 9.97. The summed E-state index contributed by atoms with van der Waals surface area (Å²) in [5, 5.41) is 2.95. The van der Waals surface area contributed by atoms with Crippen LogP contribution in [0.2, 0.25) is 0 Å². The van der Waals surface area contributed by atoms with Crippen molar-refractivity contribution in [1.29, 1.82) is 0 Å². The summed E-state index contributed by atoms with van der Waals surface area (Å²) in [4.78, 5) is 12.2. The molecule has 2 rings (SSSR count). The predicted octanol–water partition coefficient (Wildman–Crippen LogP) is 4.13. The third kappa shape index (κ3) is 5.60. The minimum absolute atomic E-state index is 0.0163. The zero-order chi connectivity index (χ0) is 19.1. The first-order chi connectivity index (χ1) is 12.4. The van der Waals surface area contributed by atoms with Gasteiger partial charge in [0.05, 0.1) is 7.11 Å². The van der Waals surface area contributed by atoms with E-state index in [0.29, 0.717) is 18.9 Å².